The molecule has 1 heterocycles. The predicted octanol–water partition coefficient (Wildman–Crippen LogP) is 3.53. The first-order valence-electron chi connectivity index (χ1n) is 4.58. The van der Waals surface area contributed by atoms with E-state index in [4.69, 9.17) is 23.2 Å². The summed E-state index contributed by atoms with van der Waals surface area (Å²) in [6.07, 6.45) is 1.87. The second-order valence-electron chi connectivity index (χ2n) is 3.28. The molecule has 2 aromatic rings. The van der Waals surface area contributed by atoms with Crippen molar-refractivity contribution in [3.05, 3.63) is 45.7 Å². The molecular formula is C10H8BrCl2N3. The van der Waals surface area contributed by atoms with Crippen molar-refractivity contribution < 1.29 is 0 Å². The Kier molecular flexibility index (Phi) is 3.84. The summed E-state index contributed by atoms with van der Waals surface area (Å²) in [4.78, 5) is 0. The average Bonchev–Trinajstić information content (AvgIpc) is 2.70. The maximum Gasteiger partial charge on any atom is 0.0932 e. The molecule has 1 aromatic heterocycles. The van der Waals surface area contributed by atoms with Crippen LogP contribution in [0.15, 0.2) is 24.4 Å². The normalized spacial score (nSPS) is 10.7. The standard InChI is InChI=1S/C10H8BrCl2N3/c11-4-9-6-16(15-14-9)5-7-1-2-8(12)3-10(7)13/h1-3,6H,4-5H2. The van der Waals surface area contributed by atoms with E-state index in [-0.39, 0.29) is 0 Å². The quantitative estimate of drug-likeness (QED) is 0.810. The van der Waals surface area contributed by atoms with Gasteiger partial charge in [-0.2, -0.15) is 0 Å². The third-order valence-corrected chi connectivity index (χ3v) is 3.23. The fourth-order valence-corrected chi connectivity index (χ4v) is 2.03. The summed E-state index contributed by atoms with van der Waals surface area (Å²) in [5, 5.41) is 9.94. The molecule has 0 aliphatic heterocycles. The summed E-state index contributed by atoms with van der Waals surface area (Å²) < 4.78 is 1.74. The third-order valence-electron chi connectivity index (χ3n) is 2.07. The number of nitrogens with zero attached hydrogens (tertiary/aromatic N) is 3. The van der Waals surface area contributed by atoms with Crippen LogP contribution in [0.1, 0.15) is 11.3 Å². The van der Waals surface area contributed by atoms with E-state index in [1.165, 1.54) is 0 Å². The van der Waals surface area contributed by atoms with Gasteiger partial charge in [0.2, 0.25) is 0 Å². The fraction of sp³-hybridized carbons (Fsp3) is 0.200. The van der Waals surface area contributed by atoms with Gasteiger partial charge in [0.25, 0.3) is 0 Å². The summed E-state index contributed by atoms with van der Waals surface area (Å²) in [5.74, 6) is 0. The molecule has 0 aliphatic rings. The molecule has 2 rings (SSSR count). The Labute approximate surface area is 111 Å². The van der Waals surface area contributed by atoms with Crippen LogP contribution in [0.2, 0.25) is 10.0 Å². The van der Waals surface area contributed by atoms with Crippen LogP contribution in [0.4, 0.5) is 0 Å². The minimum absolute atomic E-state index is 0.593. The summed E-state index contributed by atoms with van der Waals surface area (Å²) >= 11 is 15.2. The van der Waals surface area contributed by atoms with E-state index in [9.17, 15) is 0 Å². The summed E-state index contributed by atoms with van der Waals surface area (Å²) in [6, 6.07) is 5.42. The minimum Gasteiger partial charge on any atom is -0.248 e. The van der Waals surface area contributed by atoms with Crippen LogP contribution in [-0.2, 0) is 11.9 Å². The smallest absolute Gasteiger partial charge is 0.0932 e. The zero-order valence-corrected chi connectivity index (χ0v) is 11.3. The first-order chi connectivity index (χ1) is 7.69. The molecule has 16 heavy (non-hydrogen) atoms. The Bertz CT molecular complexity index is 499. The third kappa shape index (κ3) is 2.75. The molecule has 0 unspecified atom stereocenters. The second-order valence-corrected chi connectivity index (χ2v) is 4.68. The molecule has 0 atom stereocenters. The van der Waals surface area contributed by atoms with Crippen LogP contribution in [0.25, 0.3) is 0 Å². The molecule has 84 valence electrons. The van der Waals surface area contributed by atoms with Crippen molar-refractivity contribution in [1.82, 2.24) is 15.0 Å². The lowest BCUT2D eigenvalue weighted by Crippen LogP contribution is -2.00. The summed E-state index contributed by atoms with van der Waals surface area (Å²) in [6.45, 7) is 0.593. The van der Waals surface area contributed by atoms with Crippen molar-refractivity contribution in [2.75, 3.05) is 0 Å². The van der Waals surface area contributed by atoms with Crippen molar-refractivity contribution in [2.45, 2.75) is 11.9 Å². The number of rotatable bonds is 3. The van der Waals surface area contributed by atoms with Gasteiger partial charge < -0.3 is 0 Å². The molecule has 0 amide bonds. The van der Waals surface area contributed by atoms with Gasteiger partial charge in [-0.1, -0.05) is 50.4 Å². The van der Waals surface area contributed by atoms with Gasteiger partial charge in [0, 0.05) is 21.6 Å². The number of hydrogen-bond donors (Lipinski definition) is 0. The maximum atomic E-state index is 6.06. The van der Waals surface area contributed by atoms with Crippen molar-refractivity contribution in [2.24, 2.45) is 0 Å². The van der Waals surface area contributed by atoms with E-state index in [0.29, 0.717) is 21.9 Å². The lowest BCUT2D eigenvalue weighted by atomic mass is 10.2. The SMILES string of the molecule is Clc1ccc(Cn2cc(CBr)nn2)c(Cl)c1. The molecule has 0 aliphatic carbocycles. The lowest BCUT2D eigenvalue weighted by Gasteiger charge is -2.03. The second kappa shape index (κ2) is 5.17. The van der Waals surface area contributed by atoms with Gasteiger partial charge in [-0.15, -0.1) is 5.10 Å². The highest BCUT2D eigenvalue weighted by molar-refractivity contribution is 9.08. The molecule has 0 fully saturated rings. The summed E-state index contributed by atoms with van der Waals surface area (Å²) in [5.41, 5.74) is 1.86. The molecule has 6 heteroatoms. The molecule has 0 radical (unpaired) electrons. The van der Waals surface area contributed by atoms with Crippen molar-refractivity contribution >= 4 is 39.1 Å². The van der Waals surface area contributed by atoms with Gasteiger partial charge in [-0.25, -0.2) is 4.68 Å². The van der Waals surface area contributed by atoms with E-state index >= 15 is 0 Å². The van der Waals surface area contributed by atoms with E-state index in [1.54, 1.807) is 10.7 Å². The van der Waals surface area contributed by atoms with E-state index in [0.717, 1.165) is 11.3 Å². The maximum absolute atomic E-state index is 6.06. The van der Waals surface area contributed by atoms with Crippen LogP contribution >= 0.6 is 39.1 Å². The van der Waals surface area contributed by atoms with Crippen LogP contribution in [0, 0.1) is 0 Å². The minimum atomic E-state index is 0.593. The molecule has 3 nitrogen and oxygen atoms in total. The fourth-order valence-electron chi connectivity index (χ4n) is 1.30. The van der Waals surface area contributed by atoms with Crippen LogP contribution in [-0.4, -0.2) is 15.0 Å². The Balaban J connectivity index is 2.20. The van der Waals surface area contributed by atoms with Crippen LogP contribution in [0.5, 0.6) is 0 Å². The molecule has 0 spiro atoms. The van der Waals surface area contributed by atoms with Gasteiger partial charge in [0.1, 0.15) is 0 Å². The predicted molar refractivity (Wildman–Crippen MR) is 68.2 cm³/mol. The monoisotopic (exact) mass is 319 g/mol. The van der Waals surface area contributed by atoms with E-state index < -0.39 is 0 Å². The van der Waals surface area contributed by atoms with Crippen LogP contribution in [0.3, 0.4) is 0 Å². The zero-order chi connectivity index (χ0) is 11.5. The number of alkyl halides is 1. The Hall–Kier alpha value is -0.580. The largest absolute Gasteiger partial charge is 0.248 e. The van der Waals surface area contributed by atoms with Crippen LogP contribution < -0.4 is 0 Å². The summed E-state index contributed by atoms with van der Waals surface area (Å²) in [7, 11) is 0. The van der Waals surface area contributed by atoms with Gasteiger partial charge in [0.05, 0.1) is 12.2 Å². The Morgan fingerprint density at radius 1 is 1.31 bits per heavy atom. The molecule has 0 saturated carbocycles. The first kappa shape index (κ1) is 11.9. The highest BCUT2D eigenvalue weighted by Gasteiger charge is 2.04. The number of benzene rings is 1. The van der Waals surface area contributed by atoms with Gasteiger partial charge in [-0.05, 0) is 17.7 Å². The number of halogens is 3. The molecule has 0 saturated heterocycles. The topological polar surface area (TPSA) is 30.7 Å². The van der Waals surface area contributed by atoms with Gasteiger partial charge in [0.15, 0.2) is 0 Å². The zero-order valence-electron chi connectivity index (χ0n) is 8.20. The number of hydrogen-bond acceptors (Lipinski definition) is 2. The van der Waals surface area contributed by atoms with Crippen molar-refractivity contribution in [3.8, 4) is 0 Å². The lowest BCUT2D eigenvalue weighted by molar-refractivity contribution is 0.649. The van der Waals surface area contributed by atoms with E-state index in [1.807, 2.05) is 18.3 Å². The Morgan fingerprint density at radius 3 is 2.75 bits per heavy atom. The average molecular weight is 321 g/mol. The molecule has 0 N–H and O–H groups in total. The van der Waals surface area contributed by atoms with E-state index in [2.05, 4.69) is 26.2 Å². The highest BCUT2D eigenvalue weighted by Crippen LogP contribution is 2.21. The van der Waals surface area contributed by atoms with Gasteiger partial charge in [-0.3, -0.25) is 0 Å². The molecular weight excluding hydrogens is 313 g/mol. The number of aromatic nitrogens is 3. The van der Waals surface area contributed by atoms with Crippen molar-refractivity contribution in [1.29, 1.82) is 0 Å². The molecule has 0 bridgehead atoms. The first-order valence-corrected chi connectivity index (χ1v) is 6.45. The molecule has 1 aromatic carbocycles. The Morgan fingerprint density at radius 2 is 2.12 bits per heavy atom. The highest BCUT2D eigenvalue weighted by atomic mass is 79.9. The van der Waals surface area contributed by atoms with Crippen molar-refractivity contribution in [3.63, 3.8) is 0 Å². The van der Waals surface area contributed by atoms with Gasteiger partial charge >= 0.3 is 0 Å².